The second-order valence-electron chi connectivity index (χ2n) is 3.96. The van der Waals surface area contributed by atoms with E-state index in [0.29, 0.717) is 0 Å². The molecule has 122 valence electrons. The summed E-state index contributed by atoms with van der Waals surface area (Å²) >= 11 is 0. The van der Waals surface area contributed by atoms with Gasteiger partial charge in [0.1, 0.15) is 13.2 Å². The largest absolute Gasteiger partial charge is 0.490 e. The van der Waals surface area contributed by atoms with Gasteiger partial charge in [0.25, 0.3) is 0 Å². The van der Waals surface area contributed by atoms with Gasteiger partial charge in [-0.2, -0.15) is 26.3 Å². The van der Waals surface area contributed by atoms with Gasteiger partial charge in [-0.3, -0.25) is 0 Å². The van der Waals surface area contributed by atoms with Gasteiger partial charge in [0.05, 0.1) is 0 Å². The lowest BCUT2D eigenvalue weighted by molar-refractivity contribution is -0.201. The summed E-state index contributed by atoms with van der Waals surface area (Å²) in [6, 6.07) is 4.89. The Morgan fingerprint density at radius 3 is 1.23 bits per heavy atom. The van der Waals surface area contributed by atoms with E-state index >= 15 is 0 Å². The summed E-state index contributed by atoms with van der Waals surface area (Å²) in [5.74, 6) is -4.70. The van der Waals surface area contributed by atoms with E-state index in [4.69, 9.17) is 0 Å². The average Bonchev–Trinajstić information content (AvgIpc) is 2.41. The van der Waals surface area contributed by atoms with E-state index in [1.165, 1.54) is 24.3 Å². The molecule has 0 aromatic heterocycles. The summed E-state index contributed by atoms with van der Waals surface area (Å²) in [4.78, 5) is 20.9. The second kappa shape index (κ2) is 6.67. The maximum absolute atomic E-state index is 11.9. The van der Waals surface area contributed by atoms with Crippen molar-refractivity contribution in [3.8, 4) is 0 Å². The molecule has 0 saturated heterocycles. The number of halogens is 6. The Balaban J connectivity index is 2.50. The fraction of sp³-hybridized carbons (Fsp3) is 0.333. The molecule has 1 rings (SSSR count). The lowest BCUT2D eigenvalue weighted by atomic mass is 10.1. The van der Waals surface area contributed by atoms with Crippen LogP contribution in [0.25, 0.3) is 0 Å². The van der Waals surface area contributed by atoms with Gasteiger partial charge in [-0.15, -0.1) is 0 Å². The topological polar surface area (TPSA) is 52.6 Å². The highest BCUT2D eigenvalue weighted by molar-refractivity contribution is 5.76. The minimum Gasteiger partial charge on any atom is -0.454 e. The SMILES string of the molecule is O=C(OCc1ccc(COC(=O)C(F)(F)F)cc1)C(F)(F)F. The molecule has 0 atom stereocenters. The van der Waals surface area contributed by atoms with E-state index in [-0.39, 0.29) is 11.1 Å². The molecule has 1 aromatic carbocycles. The number of ether oxygens (including phenoxy) is 2. The first-order valence-electron chi connectivity index (χ1n) is 5.56. The Morgan fingerprint density at radius 1 is 0.727 bits per heavy atom. The third kappa shape index (κ3) is 5.62. The molecule has 0 radical (unpaired) electrons. The maximum Gasteiger partial charge on any atom is 0.490 e. The number of carbonyl (C=O) groups is 2. The summed E-state index contributed by atoms with van der Waals surface area (Å²) in [6.45, 7) is -1.30. The molecule has 1 aromatic rings. The summed E-state index contributed by atoms with van der Waals surface area (Å²) in [6.07, 6.45) is -10.2. The molecule has 0 amide bonds. The molecule has 0 heterocycles. The third-order valence-corrected chi connectivity index (χ3v) is 2.23. The molecule has 10 heteroatoms. The van der Waals surface area contributed by atoms with Crippen LogP contribution in [0.15, 0.2) is 24.3 Å². The third-order valence-electron chi connectivity index (χ3n) is 2.23. The van der Waals surface area contributed by atoms with Crippen LogP contribution in [-0.4, -0.2) is 24.3 Å². The van der Waals surface area contributed by atoms with E-state index < -0.39 is 37.5 Å². The summed E-state index contributed by atoms with van der Waals surface area (Å²) in [5, 5.41) is 0. The molecule has 0 fully saturated rings. The van der Waals surface area contributed by atoms with Crippen LogP contribution in [-0.2, 0) is 32.3 Å². The van der Waals surface area contributed by atoms with Crippen LogP contribution >= 0.6 is 0 Å². The summed E-state index contributed by atoms with van der Waals surface area (Å²) in [7, 11) is 0. The average molecular weight is 330 g/mol. The van der Waals surface area contributed by atoms with Crippen molar-refractivity contribution < 1.29 is 45.4 Å². The van der Waals surface area contributed by atoms with Gasteiger partial charge >= 0.3 is 24.3 Å². The van der Waals surface area contributed by atoms with Gasteiger partial charge in [0, 0.05) is 0 Å². The van der Waals surface area contributed by atoms with Gasteiger partial charge in [-0.25, -0.2) is 9.59 Å². The predicted molar refractivity (Wildman–Crippen MR) is 58.1 cm³/mol. The number of alkyl halides is 6. The van der Waals surface area contributed by atoms with Crippen molar-refractivity contribution in [2.75, 3.05) is 0 Å². The first-order valence-corrected chi connectivity index (χ1v) is 5.56. The Labute approximate surface area is 119 Å². The van der Waals surface area contributed by atoms with Crippen molar-refractivity contribution in [3.63, 3.8) is 0 Å². The van der Waals surface area contributed by atoms with Crippen molar-refractivity contribution in [2.24, 2.45) is 0 Å². The summed E-state index contributed by atoms with van der Waals surface area (Å²) in [5.41, 5.74) is 0.368. The first kappa shape index (κ1) is 17.8. The minimum absolute atomic E-state index is 0.184. The van der Waals surface area contributed by atoms with Gasteiger partial charge in [-0.1, -0.05) is 24.3 Å². The maximum atomic E-state index is 11.9. The highest BCUT2D eigenvalue weighted by Crippen LogP contribution is 2.19. The van der Waals surface area contributed by atoms with E-state index in [0.717, 1.165) is 0 Å². The van der Waals surface area contributed by atoms with Crippen molar-refractivity contribution in [3.05, 3.63) is 35.4 Å². The van der Waals surface area contributed by atoms with Crippen molar-refractivity contribution in [1.82, 2.24) is 0 Å². The number of esters is 2. The molecular weight excluding hydrogens is 322 g/mol. The lowest BCUT2D eigenvalue weighted by Gasteiger charge is -2.09. The number of rotatable bonds is 4. The molecule has 22 heavy (non-hydrogen) atoms. The zero-order chi connectivity index (χ0) is 17.0. The van der Waals surface area contributed by atoms with E-state index in [1.807, 2.05) is 0 Å². The zero-order valence-electron chi connectivity index (χ0n) is 10.6. The lowest BCUT2D eigenvalue weighted by Crippen LogP contribution is -2.25. The Kier molecular flexibility index (Phi) is 5.39. The predicted octanol–water partition coefficient (Wildman–Crippen LogP) is 2.90. The Bertz CT molecular complexity index is 483. The van der Waals surface area contributed by atoms with Crippen LogP contribution in [0.3, 0.4) is 0 Å². The standard InChI is InChI=1S/C12H8F6O4/c13-11(14,15)9(19)21-5-7-1-2-8(4-3-7)6-22-10(20)12(16,17)18/h1-4H,5-6H2. The smallest absolute Gasteiger partial charge is 0.454 e. The number of hydrogen-bond donors (Lipinski definition) is 0. The van der Waals surface area contributed by atoms with Gasteiger partial charge in [0.2, 0.25) is 0 Å². The molecule has 0 N–H and O–H groups in total. The Morgan fingerprint density at radius 2 is 1.00 bits per heavy atom. The van der Waals surface area contributed by atoms with Crippen LogP contribution in [0, 0.1) is 0 Å². The van der Waals surface area contributed by atoms with Gasteiger partial charge in [-0.05, 0) is 11.1 Å². The highest BCUT2D eigenvalue weighted by Gasteiger charge is 2.41. The fourth-order valence-electron chi connectivity index (χ4n) is 1.19. The van der Waals surface area contributed by atoms with Gasteiger partial charge in [0.15, 0.2) is 0 Å². The molecule has 0 spiro atoms. The zero-order valence-corrected chi connectivity index (χ0v) is 10.6. The Hall–Kier alpha value is -2.26. The van der Waals surface area contributed by atoms with Gasteiger partial charge < -0.3 is 9.47 Å². The molecule has 4 nitrogen and oxygen atoms in total. The van der Waals surface area contributed by atoms with Crippen LogP contribution in [0.4, 0.5) is 26.3 Å². The molecule has 0 aliphatic heterocycles. The van der Waals surface area contributed by atoms with Crippen molar-refractivity contribution in [2.45, 2.75) is 25.6 Å². The van der Waals surface area contributed by atoms with Crippen LogP contribution in [0.1, 0.15) is 11.1 Å². The highest BCUT2D eigenvalue weighted by atomic mass is 19.4. The number of carbonyl (C=O) groups excluding carboxylic acids is 2. The first-order chi connectivity index (χ1) is 10.00. The molecule has 0 bridgehead atoms. The molecule has 0 unspecified atom stereocenters. The number of hydrogen-bond acceptors (Lipinski definition) is 4. The second-order valence-corrected chi connectivity index (χ2v) is 3.96. The molecule has 0 aliphatic carbocycles. The van der Waals surface area contributed by atoms with Crippen LogP contribution in [0.5, 0.6) is 0 Å². The minimum atomic E-state index is -5.11. The van der Waals surface area contributed by atoms with Crippen LogP contribution < -0.4 is 0 Å². The van der Waals surface area contributed by atoms with Crippen molar-refractivity contribution in [1.29, 1.82) is 0 Å². The van der Waals surface area contributed by atoms with E-state index in [1.54, 1.807) is 0 Å². The monoisotopic (exact) mass is 330 g/mol. The van der Waals surface area contributed by atoms with Crippen molar-refractivity contribution >= 4 is 11.9 Å². The molecular formula is C12H8F6O4. The quantitative estimate of drug-likeness (QED) is 0.629. The fourth-order valence-corrected chi connectivity index (χ4v) is 1.19. The molecule has 0 aliphatic rings. The molecule has 0 saturated carbocycles. The summed E-state index contributed by atoms with van der Waals surface area (Å²) < 4.78 is 79.2. The van der Waals surface area contributed by atoms with Crippen LogP contribution in [0.2, 0.25) is 0 Å². The normalized spacial score (nSPS) is 11.9. The number of benzene rings is 1. The van der Waals surface area contributed by atoms with E-state index in [9.17, 15) is 35.9 Å². The van der Waals surface area contributed by atoms with E-state index in [2.05, 4.69) is 9.47 Å².